The van der Waals surface area contributed by atoms with Gasteiger partial charge in [0.2, 0.25) is 5.91 Å². The monoisotopic (exact) mass is 193 g/mol. The van der Waals surface area contributed by atoms with Crippen LogP contribution in [0.5, 0.6) is 5.75 Å². The molecule has 1 aromatic rings. The minimum Gasteiger partial charge on any atom is -0.497 e. The van der Waals surface area contributed by atoms with Crippen LogP contribution in [-0.2, 0) is 4.79 Å². The Kier molecular flexibility index (Phi) is 3.51. The van der Waals surface area contributed by atoms with Crippen molar-refractivity contribution in [2.75, 3.05) is 18.6 Å². The second kappa shape index (κ2) is 4.65. The molecule has 1 aromatic carbocycles. The van der Waals surface area contributed by atoms with Gasteiger partial charge in [-0.15, -0.1) is 0 Å². The van der Waals surface area contributed by atoms with Crippen molar-refractivity contribution in [2.45, 2.75) is 13.8 Å². The first-order valence-corrected chi connectivity index (χ1v) is 4.61. The van der Waals surface area contributed by atoms with Crippen LogP contribution in [0.25, 0.3) is 0 Å². The number of rotatable bonds is 3. The molecule has 0 spiro atoms. The maximum absolute atomic E-state index is 11.2. The molecule has 0 radical (unpaired) electrons. The van der Waals surface area contributed by atoms with Gasteiger partial charge >= 0.3 is 0 Å². The Hall–Kier alpha value is -1.51. The van der Waals surface area contributed by atoms with E-state index < -0.39 is 0 Å². The zero-order valence-corrected chi connectivity index (χ0v) is 8.78. The Balaban J connectivity index is 2.89. The van der Waals surface area contributed by atoms with Crippen molar-refractivity contribution < 1.29 is 9.53 Å². The second-order valence-corrected chi connectivity index (χ2v) is 2.96. The molecule has 0 aliphatic rings. The van der Waals surface area contributed by atoms with E-state index >= 15 is 0 Å². The number of hydrogen-bond acceptors (Lipinski definition) is 2. The standard InChI is InChI=1S/C11H15NO2/c1-4-12(9(2)13)10-5-7-11(14-3)8-6-10/h5-8H,4H2,1-3H3. The van der Waals surface area contributed by atoms with Crippen LogP contribution in [0.2, 0.25) is 0 Å². The third kappa shape index (κ3) is 2.25. The van der Waals surface area contributed by atoms with E-state index in [1.165, 1.54) is 0 Å². The highest BCUT2D eigenvalue weighted by Crippen LogP contribution is 2.18. The number of amides is 1. The quantitative estimate of drug-likeness (QED) is 0.735. The lowest BCUT2D eigenvalue weighted by atomic mass is 10.2. The Morgan fingerprint density at radius 3 is 2.29 bits per heavy atom. The Morgan fingerprint density at radius 1 is 1.36 bits per heavy atom. The summed E-state index contributed by atoms with van der Waals surface area (Å²) in [5.41, 5.74) is 0.904. The lowest BCUT2D eigenvalue weighted by Crippen LogP contribution is -2.27. The highest BCUT2D eigenvalue weighted by atomic mass is 16.5. The summed E-state index contributed by atoms with van der Waals surface area (Å²) in [5, 5.41) is 0. The van der Waals surface area contributed by atoms with Crippen LogP contribution >= 0.6 is 0 Å². The third-order valence-corrected chi connectivity index (χ3v) is 2.08. The molecule has 3 nitrogen and oxygen atoms in total. The van der Waals surface area contributed by atoms with Gasteiger partial charge in [-0.05, 0) is 31.2 Å². The minimum absolute atomic E-state index is 0.0534. The fourth-order valence-electron chi connectivity index (χ4n) is 1.35. The highest BCUT2D eigenvalue weighted by molar-refractivity contribution is 5.91. The fourth-order valence-corrected chi connectivity index (χ4v) is 1.35. The normalized spacial score (nSPS) is 9.64. The van der Waals surface area contributed by atoms with E-state index in [4.69, 9.17) is 4.74 Å². The number of carbonyl (C=O) groups is 1. The molecule has 1 rings (SSSR count). The van der Waals surface area contributed by atoms with E-state index in [9.17, 15) is 4.79 Å². The summed E-state index contributed by atoms with van der Waals surface area (Å²) in [7, 11) is 1.62. The summed E-state index contributed by atoms with van der Waals surface area (Å²) in [4.78, 5) is 12.9. The van der Waals surface area contributed by atoms with E-state index in [0.717, 1.165) is 11.4 Å². The number of hydrogen-bond donors (Lipinski definition) is 0. The van der Waals surface area contributed by atoms with E-state index in [-0.39, 0.29) is 5.91 Å². The van der Waals surface area contributed by atoms with Gasteiger partial charge in [0.25, 0.3) is 0 Å². The number of anilines is 1. The van der Waals surface area contributed by atoms with Crippen molar-refractivity contribution in [2.24, 2.45) is 0 Å². The molecule has 76 valence electrons. The molecule has 0 saturated heterocycles. The third-order valence-electron chi connectivity index (χ3n) is 2.08. The lowest BCUT2D eigenvalue weighted by Gasteiger charge is -2.18. The minimum atomic E-state index is 0.0534. The molecule has 1 amide bonds. The van der Waals surface area contributed by atoms with Crippen molar-refractivity contribution in [1.82, 2.24) is 0 Å². The van der Waals surface area contributed by atoms with E-state index in [0.29, 0.717) is 6.54 Å². The van der Waals surface area contributed by atoms with Crippen molar-refractivity contribution >= 4 is 11.6 Å². The molecule has 0 bridgehead atoms. The summed E-state index contributed by atoms with van der Waals surface area (Å²) >= 11 is 0. The maximum Gasteiger partial charge on any atom is 0.223 e. The summed E-state index contributed by atoms with van der Waals surface area (Å²) < 4.78 is 5.04. The first-order chi connectivity index (χ1) is 6.69. The van der Waals surface area contributed by atoms with Gasteiger partial charge < -0.3 is 9.64 Å². The summed E-state index contributed by atoms with van der Waals surface area (Å²) in [5.74, 6) is 0.853. The molecule has 0 aliphatic heterocycles. The molecule has 0 aromatic heterocycles. The van der Waals surface area contributed by atoms with Gasteiger partial charge in [0, 0.05) is 19.2 Å². The molecule has 0 N–H and O–H groups in total. The van der Waals surface area contributed by atoms with E-state index in [1.54, 1.807) is 18.9 Å². The Labute approximate surface area is 84.3 Å². The average Bonchev–Trinajstić information content (AvgIpc) is 2.19. The topological polar surface area (TPSA) is 29.5 Å². The summed E-state index contributed by atoms with van der Waals surface area (Å²) in [6.45, 7) is 4.20. The van der Waals surface area contributed by atoms with Gasteiger partial charge in [-0.25, -0.2) is 0 Å². The molecule has 0 unspecified atom stereocenters. The molecule has 0 fully saturated rings. The second-order valence-electron chi connectivity index (χ2n) is 2.96. The van der Waals surface area contributed by atoms with Crippen molar-refractivity contribution in [3.63, 3.8) is 0 Å². The van der Waals surface area contributed by atoms with Crippen LogP contribution in [0.3, 0.4) is 0 Å². The van der Waals surface area contributed by atoms with Crippen molar-refractivity contribution in [1.29, 1.82) is 0 Å². The average molecular weight is 193 g/mol. The molecule has 0 atom stereocenters. The SMILES string of the molecule is CCN(C(C)=O)c1ccc(OC)cc1. The number of methoxy groups -OCH3 is 1. The Morgan fingerprint density at radius 2 is 1.93 bits per heavy atom. The van der Waals surface area contributed by atoms with E-state index in [2.05, 4.69) is 0 Å². The smallest absolute Gasteiger partial charge is 0.223 e. The molecule has 0 aliphatic carbocycles. The molecule has 0 heterocycles. The van der Waals surface area contributed by atoms with Gasteiger partial charge in [0.05, 0.1) is 7.11 Å². The molecule has 0 saturated carbocycles. The number of benzene rings is 1. The van der Waals surface area contributed by atoms with Gasteiger partial charge in [-0.3, -0.25) is 4.79 Å². The molecular formula is C11H15NO2. The van der Waals surface area contributed by atoms with Gasteiger partial charge in [0.1, 0.15) is 5.75 Å². The zero-order valence-electron chi connectivity index (χ0n) is 8.78. The van der Waals surface area contributed by atoms with Crippen LogP contribution in [0.4, 0.5) is 5.69 Å². The lowest BCUT2D eigenvalue weighted by molar-refractivity contribution is -0.116. The van der Waals surface area contributed by atoms with Crippen molar-refractivity contribution in [3.8, 4) is 5.75 Å². The van der Waals surface area contributed by atoms with Gasteiger partial charge in [0.15, 0.2) is 0 Å². The van der Waals surface area contributed by atoms with Crippen LogP contribution in [0, 0.1) is 0 Å². The zero-order chi connectivity index (χ0) is 10.6. The summed E-state index contributed by atoms with van der Waals surface area (Å²) in [6, 6.07) is 7.45. The predicted octanol–water partition coefficient (Wildman–Crippen LogP) is 2.07. The van der Waals surface area contributed by atoms with Crippen LogP contribution in [0.1, 0.15) is 13.8 Å². The van der Waals surface area contributed by atoms with Crippen LogP contribution < -0.4 is 9.64 Å². The first kappa shape index (κ1) is 10.6. The van der Waals surface area contributed by atoms with Crippen molar-refractivity contribution in [3.05, 3.63) is 24.3 Å². The molecular weight excluding hydrogens is 178 g/mol. The van der Waals surface area contributed by atoms with E-state index in [1.807, 2.05) is 31.2 Å². The number of ether oxygens (including phenoxy) is 1. The largest absolute Gasteiger partial charge is 0.497 e. The van der Waals surface area contributed by atoms with Gasteiger partial charge in [-0.2, -0.15) is 0 Å². The predicted molar refractivity (Wildman–Crippen MR) is 56.7 cm³/mol. The highest BCUT2D eigenvalue weighted by Gasteiger charge is 2.07. The van der Waals surface area contributed by atoms with Crippen LogP contribution in [-0.4, -0.2) is 19.6 Å². The Bertz CT molecular complexity index is 306. The van der Waals surface area contributed by atoms with Crippen LogP contribution in [0.15, 0.2) is 24.3 Å². The summed E-state index contributed by atoms with van der Waals surface area (Å²) in [6.07, 6.45) is 0. The maximum atomic E-state index is 11.2. The molecule has 3 heteroatoms. The molecule has 14 heavy (non-hydrogen) atoms. The number of nitrogens with zero attached hydrogens (tertiary/aromatic N) is 1. The van der Waals surface area contributed by atoms with Gasteiger partial charge in [-0.1, -0.05) is 0 Å². The fraction of sp³-hybridized carbons (Fsp3) is 0.364. The number of carbonyl (C=O) groups excluding carboxylic acids is 1. The first-order valence-electron chi connectivity index (χ1n) is 4.61.